The lowest BCUT2D eigenvalue weighted by Gasteiger charge is -2.26. The van der Waals surface area contributed by atoms with Crippen LogP contribution in [0.2, 0.25) is 0 Å². The van der Waals surface area contributed by atoms with Gasteiger partial charge >= 0.3 is 0 Å². The highest BCUT2D eigenvalue weighted by Crippen LogP contribution is 2.30. The van der Waals surface area contributed by atoms with Gasteiger partial charge in [0, 0.05) is 12.2 Å². The van der Waals surface area contributed by atoms with E-state index in [0.717, 1.165) is 0 Å². The number of aliphatic hydroxyl groups is 1. The van der Waals surface area contributed by atoms with Crippen LogP contribution < -0.4 is 0 Å². The number of benzene rings is 1. The molecule has 1 N–H and O–H groups in total. The van der Waals surface area contributed by atoms with E-state index in [4.69, 9.17) is 0 Å². The first-order valence-electron chi connectivity index (χ1n) is 5.95. The Morgan fingerprint density at radius 2 is 2.06 bits per heavy atom. The third-order valence-electron chi connectivity index (χ3n) is 3.04. The molecule has 2 rings (SSSR count). The molecule has 1 heterocycles. The van der Waals surface area contributed by atoms with Crippen molar-refractivity contribution >= 4 is 0 Å². The van der Waals surface area contributed by atoms with Gasteiger partial charge in [0.2, 0.25) is 0 Å². The summed E-state index contributed by atoms with van der Waals surface area (Å²) in [7, 11) is 0. The van der Waals surface area contributed by atoms with E-state index in [1.165, 1.54) is 12.1 Å². The van der Waals surface area contributed by atoms with Crippen molar-refractivity contribution < 1.29 is 9.50 Å². The molecule has 0 aliphatic rings. The summed E-state index contributed by atoms with van der Waals surface area (Å²) in [6.45, 7) is 5.62. The van der Waals surface area contributed by atoms with Crippen LogP contribution in [0, 0.1) is 5.82 Å². The lowest BCUT2D eigenvalue weighted by Crippen LogP contribution is -2.27. The summed E-state index contributed by atoms with van der Waals surface area (Å²) in [5, 5.41) is 14.9. The zero-order valence-corrected chi connectivity index (χ0v) is 10.8. The number of nitrogens with zero attached hydrogens (tertiary/aromatic N) is 2. The van der Waals surface area contributed by atoms with Crippen LogP contribution in [0.5, 0.6) is 0 Å². The monoisotopic (exact) mass is 248 g/mol. The Morgan fingerprint density at radius 3 is 2.67 bits per heavy atom. The Hall–Kier alpha value is -1.68. The van der Waals surface area contributed by atoms with Crippen LogP contribution in [-0.2, 0) is 5.60 Å². The molecule has 0 bridgehead atoms. The van der Waals surface area contributed by atoms with Crippen molar-refractivity contribution in [2.24, 2.45) is 0 Å². The Kier molecular flexibility index (Phi) is 3.22. The number of hydrogen-bond donors (Lipinski definition) is 1. The summed E-state index contributed by atoms with van der Waals surface area (Å²) in [6, 6.07) is 7.90. The van der Waals surface area contributed by atoms with Gasteiger partial charge < -0.3 is 5.11 Å². The molecule has 0 saturated carbocycles. The summed E-state index contributed by atoms with van der Waals surface area (Å²) in [6.07, 6.45) is 1.64. The van der Waals surface area contributed by atoms with Crippen LogP contribution >= 0.6 is 0 Å². The lowest BCUT2D eigenvalue weighted by molar-refractivity contribution is 0.0896. The zero-order chi connectivity index (χ0) is 13.3. The van der Waals surface area contributed by atoms with Crippen LogP contribution in [-0.4, -0.2) is 14.9 Å². The third kappa shape index (κ3) is 2.16. The second kappa shape index (κ2) is 4.53. The van der Waals surface area contributed by atoms with Gasteiger partial charge in [0.05, 0.1) is 5.69 Å². The maximum Gasteiger partial charge on any atom is 0.128 e. The molecule has 0 spiro atoms. The predicted octanol–water partition coefficient (Wildman–Crippen LogP) is 2.86. The first-order valence-corrected chi connectivity index (χ1v) is 5.95. The normalized spacial score (nSPS) is 14.8. The van der Waals surface area contributed by atoms with Gasteiger partial charge in [-0.25, -0.2) is 4.39 Å². The lowest BCUT2D eigenvalue weighted by atomic mass is 9.92. The SMILES string of the molecule is CC(C)n1nccc1C(C)(O)c1cccc(F)c1. The van der Waals surface area contributed by atoms with Crippen molar-refractivity contribution in [1.29, 1.82) is 0 Å². The molecule has 0 fully saturated rings. The van der Waals surface area contributed by atoms with Crippen LogP contribution in [0.15, 0.2) is 36.5 Å². The van der Waals surface area contributed by atoms with Crippen molar-refractivity contribution in [1.82, 2.24) is 9.78 Å². The predicted molar refractivity (Wildman–Crippen MR) is 67.7 cm³/mol. The molecule has 0 amide bonds. The molecule has 0 saturated heterocycles. The smallest absolute Gasteiger partial charge is 0.128 e. The van der Waals surface area contributed by atoms with Gasteiger partial charge in [-0.05, 0) is 44.5 Å². The molecule has 18 heavy (non-hydrogen) atoms. The first kappa shape index (κ1) is 12.8. The fraction of sp³-hybridized carbons (Fsp3) is 0.357. The van der Waals surface area contributed by atoms with Gasteiger partial charge in [-0.3, -0.25) is 4.68 Å². The molecule has 3 nitrogen and oxygen atoms in total. The molecule has 0 aliphatic carbocycles. The minimum atomic E-state index is -1.26. The quantitative estimate of drug-likeness (QED) is 0.907. The van der Waals surface area contributed by atoms with Crippen molar-refractivity contribution in [3.63, 3.8) is 0 Å². The molecule has 0 aliphatic heterocycles. The van der Waals surface area contributed by atoms with Crippen LogP contribution in [0.4, 0.5) is 4.39 Å². The highest BCUT2D eigenvalue weighted by molar-refractivity contribution is 5.31. The zero-order valence-electron chi connectivity index (χ0n) is 10.8. The van der Waals surface area contributed by atoms with Crippen molar-refractivity contribution in [2.45, 2.75) is 32.4 Å². The molecule has 4 heteroatoms. The van der Waals surface area contributed by atoms with Gasteiger partial charge in [-0.2, -0.15) is 5.10 Å². The van der Waals surface area contributed by atoms with Crippen molar-refractivity contribution in [3.05, 3.63) is 53.6 Å². The molecular weight excluding hydrogens is 231 g/mol. The van der Waals surface area contributed by atoms with Gasteiger partial charge in [-0.15, -0.1) is 0 Å². The third-order valence-corrected chi connectivity index (χ3v) is 3.04. The molecule has 1 aromatic carbocycles. The highest BCUT2D eigenvalue weighted by Gasteiger charge is 2.30. The fourth-order valence-corrected chi connectivity index (χ4v) is 2.05. The Morgan fingerprint density at radius 1 is 1.33 bits per heavy atom. The summed E-state index contributed by atoms with van der Waals surface area (Å²) >= 11 is 0. The molecule has 1 aromatic heterocycles. The maximum atomic E-state index is 13.3. The second-order valence-corrected chi connectivity index (χ2v) is 4.84. The van der Waals surface area contributed by atoms with E-state index in [2.05, 4.69) is 5.10 Å². The number of rotatable bonds is 3. The summed E-state index contributed by atoms with van der Waals surface area (Å²) < 4.78 is 15.0. The maximum absolute atomic E-state index is 13.3. The molecule has 1 atom stereocenters. The minimum Gasteiger partial charge on any atom is -0.379 e. The Balaban J connectivity index is 2.50. The Bertz CT molecular complexity index is 546. The van der Waals surface area contributed by atoms with Gasteiger partial charge in [0.15, 0.2) is 0 Å². The van der Waals surface area contributed by atoms with Gasteiger partial charge in [-0.1, -0.05) is 12.1 Å². The summed E-state index contributed by atoms with van der Waals surface area (Å²) in [4.78, 5) is 0. The van der Waals surface area contributed by atoms with Crippen LogP contribution in [0.25, 0.3) is 0 Å². The van der Waals surface area contributed by atoms with E-state index < -0.39 is 5.60 Å². The summed E-state index contributed by atoms with van der Waals surface area (Å²) in [5.41, 5.74) is -0.0870. The topological polar surface area (TPSA) is 38.0 Å². The van der Waals surface area contributed by atoms with E-state index in [1.54, 1.807) is 36.0 Å². The minimum absolute atomic E-state index is 0.134. The number of halogens is 1. The van der Waals surface area contributed by atoms with E-state index in [1.807, 2.05) is 13.8 Å². The van der Waals surface area contributed by atoms with E-state index in [-0.39, 0.29) is 11.9 Å². The number of aromatic nitrogens is 2. The van der Waals surface area contributed by atoms with Crippen LogP contribution in [0.3, 0.4) is 0 Å². The Labute approximate surface area is 106 Å². The fourth-order valence-electron chi connectivity index (χ4n) is 2.05. The van der Waals surface area contributed by atoms with Crippen molar-refractivity contribution in [3.8, 4) is 0 Å². The number of hydrogen-bond acceptors (Lipinski definition) is 2. The van der Waals surface area contributed by atoms with E-state index in [0.29, 0.717) is 11.3 Å². The van der Waals surface area contributed by atoms with Crippen molar-refractivity contribution in [2.75, 3.05) is 0 Å². The van der Waals surface area contributed by atoms with Gasteiger partial charge in [0.25, 0.3) is 0 Å². The highest BCUT2D eigenvalue weighted by atomic mass is 19.1. The summed E-state index contributed by atoms with van der Waals surface area (Å²) in [5.74, 6) is -0.358. The van der Waals surface area contributed by atoms with E-state index >= 15 is 0 Å². The molecule has 96 valence electrons. The van der Waals surface area contributed by atoms with Gasteiger partial charge in [0.1, 0.15) is 11.4 Å². The largest absolute Gasteiger partial charge is 0.379 e. The standard InChI is InChI=1S/C14H17FN2O/c1-10(2)17-13(7-8-16-17)14(3,18)11-5-4-6-12(15)9-11/h4-10,18H,1-3H3. The van der Waals surface area contributed by atoms with E-state index in [9.17, 15) is 9.50 Å². The van der Waals surface area contributed by atoms with Crippen LogP contribution in [0.1, 0.15) is 38.1 Å². The molecular formula is C14H17FN2O. The average Bonchev–Trinajstić information content (AvgIpc) is 2.78. The second-order valence-electron chi connectivity index (χ2n) is 4.84. The molecule has 2 aromatic rings. The average molecular weight is 248 g/mol. The molecule has 0 radical (unpaired) electrons. The first-order chi connectivity index (χ1) is 8.43. The molecule has 1 unspecified atom stereocenters.